The van der Waals surface area contributed by atoms with E-state index in [2.05, 4.69) is 25.7 Å². The number of ether oxygens (including phenoxy) is 2. The molecule has 2 fully saturated rings. The molecule has 0 radical (unpaired) electrons. The smallest absolute Gasteiger partial charge is 0.338 e. The van der Waals surface area contributed by atoms with Gasteiger partial charge in [-0.3, -0.25) is 9.69 Å². The summed E-state index contributed by atoms with van der Waals surface area (Å²) >= 11 is 0. The molecule has 3 unspecified atom stereocenters. The molecule has 0 aromatic rings. The molecule has 0 saturated carbocycles. The van der Waals surface area contributed by atoms with Gasteiger partial charge in [0.05, 0.1) is 6.61 Å². The lowest BCUT2D eigenvalue weighted by molar-refractivity contribution is -0.145. The highest BCUT2D eigenvalue weighted by atomic mass is 16.6. The van der Waals surface area contributed by atoms with Gasteiger partial charge in [0, 0.05) is 31.7 Å². The molecule has 3 atom stereocenters. The van der Waals surface area contributed by atoms with Crippen molar-refractivity contribution in [1.82, 2.24) is 9.80 Å². The van der Waals surface area contributed by atoms with Crippen molar-refractivity contribution in [1.29, 1.82) is 0 Å². The largest absolute Gasteiger partial charge is 0.464 e. The first-order valence-electron chi connectivity index (χ1n) is 7.32. The number of hydrogen-bond acceptors (Lipinski definition) is 5. The van der Waals surface area contributed by atoms with Gasteiger partial charge in [-0.1, -0.05) is 0 Å². The summed E-state index contributed by atoms with van der Waals surface area (Å²) in [6.07, 6.45) is -1.33. The van der Waals surface area contributed by atoms with Crippen LogP contribution in [0.15, 0.2) is 0 Å². The van der Waals surface area contributed by atoms with Gasteiger partial charge < -0.3 is 14.4 Å². The number of amides is 1. The average Bonchev–Trinajstić information content (AvgIpc) is 3.17. The number of esters is 1. The standard InChI is InChI=1S/C14H24N2O4/c1-5-19-14(18)12-11(20-12)13(17)15-6-7-16(9(2)3)10(4)8-15/h9-12H,5-8H2,1-4H3. The fourth-order valence-corrected chi connectivity index (χ4v) is 2.82. The molecule has 20 heavy (non-hydrogen) atoms. The molecule has 2 heterocycles. The summed E-state index contributed by atoms with van der Waals surface area (Å²) in [5.74, 6) is -0.516. The predicted molar refractivity (Wildman–Crippen MR) is 73.2 cm³/mol. The van der Waals surface area contributed by atoms with E-state index in [1.807, 2.05) is 0 Å². The first-order valence-corrected chi connectivity index (χ1v) is 7.32. The van der Waals surface area contributed by atoms with E-state index in [0.717, 1.165) is 6.54 Å². The van der Waals surface area contributed by atoms with E-state index in [0.29, 0.717) is 31.8 Å². The number of rotatable bonds is 4. The van der Waals surface area contributed by atoms with Crippen molar-refractivity contribution in [2.45, 2.75) is 52.0 Å². The molecule has 0 aromatic carbocycles. The Kier molecular flexibility index (Phi) is 4.65. The van der Waals surface area contributed by atoms with E-state index in [1.165, 1.54) is 0 Å². The van der Waals surface area contributed by atoms with E-state index in [4.69, 9.17) is 9.47 Å². The number of carbonyl (C=O) groups is 2. The van der Waals surface area contributed by atoms with E-state index >= 15 is 0 Å². The molecule has 6 nitrogen and oxygen atoms in total. The topological polar surface area (TPSA) is 62.4 Å². The van der Waals surface area contributed by atoms with Crippen LogP contribution < -0.4 is 0 Å². The fourth-order valence-electron chi connectivity index (χ4n) is 2.82. The molecule has 114 valence electrons. The van der Waals surface area contributed by atoms with Crippen molar-refractivity contribution in [3.8, 4) is 0 Å². The summed E-state index contributed by atoms with van der Waals surface area (Å²) in [6.45, 7) is 10.7. The monoisotopic (exact) mass is 284 g/mol. The van der Waals surface area contributed by atoms with Crippen LogP contribution in [0, 0.1) is 0 Å². The number of epoxide rings is 1. The molecule has 0 N–H and O–H groups in total. The second-order valence-corrected chi connectivity index (χ2v) is 5.69. The zero-order valence-corrected chi connectivity index (χ0v) is 12.7. The Morgan fingerprint density at radius 1 is 1.30 bits per heavy atom. The van der Waals surface area contributed by atoms with Crippen LogP contribution in [0.4, 0.5) is 0 Å². The van der Waals surface area contributed by atoms with Crippen molar-refractivity contribution in [2.24, 2.45) is 0 Å². The second-order valence-electron chi connectivity index (χ2n) is 5.69. The summed E-state index contributed by atoms with van der Waals surface area (Å²) in [5, 5.41) is 0. The van der Waals surface area contributed by atoms with Gasteiger partial charge in [0.1, 0.15) is 0 Å². The minimum Gasteiger partial charge on any atom is -0.464 e. The lowest BCUT2D eigenvalue weighted by atomic mass is 10.1. The van der Waals surface area contributed by atoms with Gasteiger partial charge in [0.25, 0.3) is 5.91 Å². The zero-order chi connectivity index (χ0) is 14.9. The van der Waals surface area contributed by atoms with Crippen molar-refractivity contribution in [3.05, 3.63) is 0 Å². The SMILES string of the molecule is CCOC(=O)C1OC1C(=O)N1CCN(C(C)C)C(C)C1. The first kappa shape index (κ1) is 15.3. The Morgan fingerprint density at radius 3 is 2.55 bits per heavy atom. The zero-order valence-electron chi connectivity index (χ0n) is 12.7. The maximum absolute atomic E-state index is 12.3. The van der Waals surface area contributed by atoms with Crippen LogP contribution in [-0.2, 0) is 19.1 Å². The van der Waals surface area contributed by atoms with Gasteiger partial charge in [0.15, 0.2) is 12.2 Å². The van der Waals surface area contributed by atoms with E-state index in [9.17, 15) is 9.59 Å². The molecule has 0 aliphatic carbocycles. The van der Waals surface area contributed by atoms with Gasteiger partial charge >= 0.3 is 5.97 Å². The third-order valence-corrected chi connectivity index (χ3v) is 3.91. The van der Waals surface area contributed by atoms with Crippen LogP contribution in [0.25, 0.3) is 0 Å². The van der Waals surface area contributed by atoms with E-state index in [1.54, 1.807) is 11.8 Å². The van der Waals surface area contributed by atoms with Gasteiger partial charge in [-0.25, -0.2) is 4.79 Å². The maximum Gasteiger partial charge on any atom is 0.338 e. The van der Waals surface area contributed by atoms with Crippen LogP contribution in [0.2, 0.25) is 0 Å². The number of hydrogen-bond donors (Lipinski definition) is 0. The Balaban J connectivity index is 1.85. The van der Waals surface area contributed by atoms with Crippen LogP contribution in [0.1, 0.15) is 27.7 Å². The van der Waals surface area contributed by atoms with E-state index < -0.39 is 18.2 Å². The molecule has 6 heteroatoms. The lowest BCUT2D eigenvalue weighted by Crippen LogP contribution is -2.56. The van der Waals surface area contributed by atoms with E-state index in [-0.39, 0.29) is 5.91 Å². The Bertz CT molecular complexity index is 385. The van der Waals surface area contributed by atoms with Crippen molar-refractivity contribution in [2.75, 3.05) is 26.2 Å². The van der Waals surface area contributed by atoms with Crippen molar-refractivity contribution >= 4 is 11.9 Å². The lowest BCUT2D eigenvalue weighted by Gasteiger charge is -2.41. The molecule has 2 rings (SSSR count). The molecule has 1 amide bonds. The third-order valence-electron chi connectivity index (χ3n) is 3.91. The summed E-state index contributed by atoms with van der Waals surface area (Å²) in [5.41, 5.74) is 0. The molecule has 0 aromatic heterocycles. The molecule has 2 saturated heterocycles. The average molecular weight is 284 g/mol. The second kappa shape index (κ2) is 6.10. The van der Waals surface area contributed by atoms with Crippen LogP contribution >= 0.6 is 0 Å². The maximum atomic E-state index is 12.3. The molecule has 0 spiro atoms. The highest BCUT2D eigenvalue weighted by Crippen LogP contribution is 2.27. The number of carbonyl (C=O) groups excluding carboxylic acids is 2. The summed E-state index contributed by atoms with van der Waals surface area (Å²) < 4.78 is 10.0. The quantitative estimate of drug-likeness (QED) is 0.547. The number of piperazine rings is 1. The third kappa shape index (κ3) is 3.12. The fraction of sp³-hybridized carbons (Fsp3) is 0.857. The Hall–Kier alpha value is -1.14. The van der Waals surface area contributed by atoms with Crippen LogP contribution in [0.3, 0.4) is 0 Å². The normalized spacial score (nSPS) is 30.4. The summed E-state index contributed by atoms with van der Waals surface area (Å²) in [7, 11) is 0. The highest BCUT2D eigenvalue weighted by molar-refractivity contribution is 5.92. The summed E-state index contributed by atoms with van der Waals surface area (Å²) in [4.78, 5) is 27.9. The first-order chi connectivity index (χ1) is 9.45. The van der Waals surface area contributed by atoms with Crippen molar-refractivity contribution in [3.63, 3.8) is 0 Å². The Morgan fingerprint density at radius 2 is 2.00 bits per heavy atom. The van der Waals surface area contributed by atoms with Crippen molar-refractivity contribution < 1.29 is 19.1 Å². The minimum atomic E-state index is -0.694. The van der Waals surface area contributed by atoms with Gasteiger partial charge in [-0.05, 0) is 27.7 Å². The minimum absolute atomic E-state index is 0.0849. The summed E-state index contributed by atoms with van der Waals surface area (Å²) in [6, 6.07) is 0.805. The molecule has 0 bridgehead atoms. The molecular weight excluding hydrogens is 260 g/mol. The number of nitrogens with zero attached hydrogens (tertiary/aromatic N) is 2. The highest BCUT2D eigenvalue weighted by Gasteiger charge is 2.53. The van der Waals surface area contributed by atoms with Gasteiger partial charge in [0.2, 0.25) is 0 Å². The van der Waals surface area contributed by atoms with Crippen LogP contribution in [-0.4, -0.2) is 72.2 Å². The molecular formula is C14H24N2O4. The molecule has 2 aliphatic rings. The Labute approximate surface area is 120 Å². The van der Waals surface area contributed by atoms with Gasteiger partial charge in [-0.15, -0.1) is 0 Å². The predicted octanol–water partition coefficient (Wildman–Crippen LogP) is 0.258. The molecule has 2 aliphatic heterocycles. The van der Waals surface area contributed by atoms with Gasteiger partial charge in [-0.2, -0.15) is 0 Å². The van der Waals surface area contributed by atoms with Crippen LogP contribution in [0.5, 0.6) is 0 Å².